The van der Waals surface area contributed by atoms with Gasteiger partial charge in [0.05, 0.1) is 0 Å². The van der Waals surface area contributed by atoms with Gasteiger partial charge in [-0.2, -0.15) is 0 Å². The first-order valence-electron chi connectivity index (χ1n) is 4.54. The van der Waals surface area contributed by atoms with Crippen molar-refractivity contribution in [2.45, 2.75) is 32.1 Å². The van der Waals surface area contributed by atoms with Gasteiger partial charge in [-0.15, -0.1) is 0 Å². The summed E-state index contributed by atoms with van der Waals surface area (Å²) >= 11 is 0. The van der Waals surface area contributed by atoms with E-state index in [9.17, 15) is 14.4 Å². The molecule has 0 aromatic carbocycles. The molecule has 0 aliphatic heterocycles. The summed E-state index contributed by atoms with van der Waals surface area (Å²) in [6.45, 7) is 0. The maximum Gasteiger partial charge on any atom is 0.317 e. The van der Waals surface area contributed by atoms with Crippen molar-refractivity contribution in [1.29, 1.82) is 0 Å². The molecule has 0 radical (unpaired) electrons. The number of nitrogens with two attached hydrogens (primary N) is 1. The second-order valence-corrected chi connectivity index (χ2v) is 3.66. The Morgan fingerprint density at radius 2 is 2.07 bits per heavy atom. The maximum absolute atomic E-state index is 11.5. The van der Waals surface area contributed by atoms with Gasteiger partial charge in [0.25, 0.3) is 0 Å². The lowest BCUT2D eigenvalue weighted by Gasteiger charge is -2.30. The zero-order valence-electron chi connectivity index (χ0n) is 7.78. The second-order valence-electron chi connectivity index (χ2n) is 3.66. The fraction of sp³-hybridized carbons (Fsp3) is 0.667. The van der Waals surface area contributed by atoms with Crippen LogP contribution in [0.25, 0.3) is 0 Å². The van der Waals surface area contributed by atoms with E-state index in [1.807, 2.05) is 0 Å². The molecule has 0 saturated heterocycles. The van der Waals surface area contributed by atoms with E-state index in [-0.39, 0.29) is 25.0 Å². The summed E-state index contributed by atoms with van der Waals surface area (Å²) in [6, 6.07) is 0. The Labute approximate surface area is 81.3 Å². The highest BCUT2D eigenvalue weighted by Crippen LogP contribution is 2.36. The Bertz CT molecular complexity index is 287. The molecular weight excluding hydrogens is 186 g/mol. The van der Waals surface area contributed by atoms with Crippen LogP contribution < -0.4 is 5.73 Å². The van der Waals surface area contributed by atoms with Gasteiger partial charge in [0, 0.05) is 12.8 Å². The molecule has 1 amide bonds. The molecule has 1 fully saturated rings. The maximum atomic E-state index is 11.5. The Hall–Kier alpha value is -1.39. The van der Waals surface area contributed by atoms with Crippen LogP contribution >= 0.6 is 0 Å². The van der Waals surface area contributed by atoms with E-state index in [1.165, 1.54) is 0 Å². The molecule has 1 aliphatic carbocycles. The summed E-state index contributed by atoms with van der Waals surface area (Å²) < 4.78 is 0. The van der Waals surface area contributed by atoms with Crippen LogP contribution in [-0.4, -0.2) is 22.8 Å². The van der Waals surface area contributed by atoms with Crippen molar-refractivity contribution in [2.75, 3.05) is 0 Å². The molecule has 1 atom stereocenters. The number of amides is 1. The first-order valence-corrected chi connectivity index (χ1v) is 4.54. The lowest BCUT2D eigenvalue weighted by Crippen LogP contribution is -2.44. The largest absolute Gasteiger partial charge is 0.480 e. The minimum Gasteiger partial charge on any atom is -0.480 e. The fourth-order valence-electron chi connectivity index (χ4n) is 1.88. The number of hydrogen-bond acceptors (Lipinski definition) is 3. The van der Waals surface area contributed by atoms with Crippen LogP contribution in [0.1, 0.15) is 32.1 Å². The summed E-state index contributed by atoms with van der Waals surface area (Å²) in [5, 5.41) is 8.98. The highest BCUT2D eigenvalue weighted by Gasteiger charge is 2.47. The summed E-state index contributed by atoms with van der Waals surface area (Å²) in [5.74, 6) is -2.32. The van der Waals surface area contributed by atoms with E-state index in [4.69, 9.17) is 10.8 Å². The van der Waals surface area contributed by atoms with E-state index >= 15 is 0 Å². The predicted molar refractivity (Wildman–Crippen MR) is 47.4 cm³/mol. The number of Topliss-reactive ketones (excluding diaryl/α,β-unsaturated/α-hetero) is 1. The number of carbonyl (C=O) groups excluding carboxylic acids is 2. The van der Waals surface area contributed by atoms with Gasteiger partial charge in [-0.3, -0.25) is 14.4 Å². The molecule has 0 heterocycles. The van der Waals surface area contributed by atoms with Gasteiger partial charge >= 0.3 is 5.97 Å². The SMILES string of the molecule is NC(=O)C[C@@]1(C(=O)O)CCCCC1=O. The standard InChI is InChI=1S/C9H13NO4/c10-7(12)5-9(8(13)14)4-2-1-3-6(9)11/h1-5H2,(H2,10,12)(H,13,14)/t9-/m0/s1. The summed E-state index contributed by atoms with van der Waals surface area (Å²) in [5.41, 5.74) is 3.42. The molecule has 5 heteroatoms. The van der Waals surface area contributed by atoms with Crippen molar-refractivity contribution in [3.05, 3.63) is 0 Å². The van der Waals surface area contributed by atoms with Crippen LogP contribution in [0.2, 0.25) is 0 Å². The fourth-order valence-corrected chi connectivity index (χ4v) is 1.88. The molecule has 0 unspecified atom stereocenters. The summed E-state index contributed by atoms with van der Waals surface area (Å²) in [7, 11) is 0. The van der Waals surface area contributed by atoms with Crippen molar-refractivity contribution in [3.63, 3.8) is 0 Å². The average molecular weight is 199 g/mol. The van der Waals surface area contributed by atoms with E-state index in [2.05, 4.69) is 0 Å². The van der Waals surface area contributed by atoms with Crippen LogP contribution in [0.3, 0.4) is 0 Å². The highest BCUT2D eigenvalue weighted by molar-refractivity contribution is 6.06. The number of carbonyl (C=O) groups is 3. The van der Waals surface area contributed by atoms with Crippen molar-refractivity contribution >= 4 is 17.7 Å². The van der Waals surface area contributed by atoms with Gasteiger partial charge < -0.3 is 10.8 Å². The van der Waals surface area contributed by atoms with Gasteiger partial charge in [-0.25, -0.2) is 0 Å². The lowest BCUT2D eigenvalue weighted by molar-refractivity contribution is -0.159. The molecule has 0 spiro atoms. The minimum absolute atomic E-state index is 0.226. The van der Waals surface area contributed by atoms with Crippen LogP contribution in [-0.2, 0) is 14.4 Å². The minimum atomic E-state index is -1.54. The van der Waals surface area contributed by atoms with Crippen LogP contribution in [0.15, 0.2) is 0 Å². The topological polar surface area (TPSA) is 97.5 Å². The Balaban J connectivity index is 2.95. The third-order valence-corrected chi connectivity index (χ3v) is 2.68. The molecule has 3 N–H and O–H groups in total. The van der Waals surface area contributed by atoms with Crippen LogP contribution in [0.4, 0.5) is 0 Å². The van der Waals surface area contributed by atoms with Gasteiger partial charge in [0.15, 0.2) is 5.78 Å². The van der Waals surface area contributed by atoms with E-state index < -0.39 is 17.3 Å². The highest BCUT2D eigenvalue weighted by atomic mass is 16.4. The number of rotatable bonds is 3. The van der Waals surface area contributed by atoms with E-state index in [0.717, 1.165) is 0 Å². The normalized spacial score (nSPS) is 27.3. The Morgan fingerprint density at radius 1 is 1.43 bits per heavy atom. The first-order chi connectivity index (χ1) is 6.49. The van der Waals surface area contributed by atoms with E-state index in [1.54, 1.807) is 0 Å². The number of carboxylic acids is 1. The summed E-state index contributed by atoms with van der Waals surface area (Å²) in [4.78, 5) is 33.2. The summed E-state index contributed by atoms with van der Waals surface area (Å²) in [6.07, 6.45) is 1.45. The van der Waals surface area contributed by atoms with Gasteiger partial charge in [0.1, 0.15) is 5.41 Å². The van der Waals surface area contributed by atoms with Gasteiger partial charge in [-0.05, 0) is 12.8 Å². The molecule has 5 nitrogen and oxygen atoms in total. The Kier molecular flexibility index (Phi) is 2.88. The third-order valence-electron chi connectivity index (χ3n) is 2.68. The molecule has 78 valence electrons. The zero-order chi connectivity index (χ0) is 10.8. The van der Waals surface area contributed by atoms with Crippen molar-refractivity contribution < 1.29 is 19.5 Å². The average Bonchev–Trinajstić information content (AvgIpc) is 2.08. The number of aliphatic carboxylic acids is 1. The van der Waals surface area contributed by atoms with Crippen molar-refractivity contribution in [2.24, 2.45) is 11.1 Å². The molecule has 0 bridgehead atoms. The lowest BCUT2D eigenvalue weighted by atomic mass is 9.70. The number of primary amides is 1. The smallest absolute Gasteiger partial charge is 0.317 e. The number of carboxylic acid groups (broad SMARTS) is 1. The molecule has 0 aromatic rings. The van der Waals surface area contributed by atoms with Gasteiger partial charge in [0.2, 0.25) is 5.91 Å². The molecule has 0 aromatic heterocycles. The molecule has 14 heavy (non-hydrogen) atoms. The molecule has 1 saturated carbocycles. The quantitative estimate of drug-likeness (QED) is 0.628. The molecule has 1 aliphatic rings. The predicted octanol–water partition coefficient (Wildman–Crippen LogP) is 0.0759. The molecular formula is C9H13NO4. The van der Waals surface area contributed by atoms with Crippen LogP contribution in [0.5, 0.6) is 0 Å². The monoisotopic (exact) mass is 199 g/mol. The van der Waals surface area contributed by atoms with E-state index in [0.29, 0.717) is 12.8 Å². The van der Waals surface area contributed by atoms with Crippen LogP contribution in [0, 0.1) is 5.41 Å². The second kappa shape index (κ2) is 3.77. The third kappa shape index (κ3) is 1.76. The molecule has 1 rings (SSSR count). The van der Waals surface area contributed by atoms with Crippen molar-refractivity contribution in [1.82, 2.24) is 0 Å². The number of ketones is 1. The Morgan fingerprint density at radius 3 is 2.50 bits per heavy atom. The van der Waals surface area contributed by atoms with Crippen molar-refractivity contribution in [3.8, 4) is 0 Å². The van der Waals surface area contributed by atoms with Gasteiger partial charge in [-0.1, -0.05) is 6.42 Å². The zero-order valence-corrected chi connectivity index (χ0v) is 7.78. The first kappa shape index (κ1) is 10.7. The number of hydrogen-bond donors (Lipinski definition) is 2.